The van der Waals surface area contributed by atoms with E-state index in [1.54, 1.807) is 12.1 Å². The lowest BCUT2D eigenvalue weighted by Gasteiger charge is -2.09. The molecular formula is C15H17N3O. The lowest BCUT2D eigenvalue weighted by atomic mass is 10.1. The van der Waals surface area contributed by atoms with Gasteiger partial charge >= 0.3 is 0 Å². The molecule has 0 unspecified atom stereocenters. The lowest BCUT2D eigenvalue weighted by Crippen LogP contribution is -2.13. The van der Waals surface area contributed by atoms with Crippen molar-refractivity contribution in [2.24, 2.45) is 5.73 Å². The Morgan fingerprint density at radius 1 is 1.37 bits per heavy atom. The minimum atomic E-state index is -0.724. The van der Waals surface area contributed by atoms with Crippen molar-refractivity contribution in [3.8, 4) is 6.07 Å². The van der Waals surface area contributed by atoms with Crippen molar-refractivity contribution in [1.29, 1.82) is 5.26 Å². The smallest absolute Gasteiger partial charge is 0.259 e. The molecule has 98 valence electrons. The number of carbonyl (C=O) groups excluding carboxylic acids is 1. The summed E-state index contributed by atoms with van der Waals surface area (Å²) >= 11 is 0. The van der Waals surface area contributed by atoms with Crippen molar-refractivity contribution in [1.82, 2.24) is 5.32 Å². The number of amides is 1. The first kappa shape index (κ1) is 14.5. The van der Waals surface area contributed by atoms with Crippen LogP contribution in [0.5, 0.6) is 0 Å². The van der Waals surface area contributed by atoms with Gasteiger partial charge in [-0.1, -0.05) is 29.8 Å². The van der Waals surface area contributed by atoms with Crippen molar-refractivity contribution in [2.75, 3.05) is 6.54 Å². The molecule has 3 N–H and O–H groups in total. The van der Waals surface area contributed by atoms with Crippen LogP contribution >= 0.6 is 0 Å². The van der Waals surface area contributed by atoms with Gasteiger partial charge in [-0.3, -0.25) is 4.79 Å². The zero-order valence-electron chi connectivity index (χ0n) is 11.1. The van der Waals surface area contributed by atoms with Crippen LogP contribution < -0.4 is 11.1 Å². The van der Waals surface area contributed by atoms with Gasteiger partial charge in [0.05, 0.1) is 0 Å². The Morgan fingerprint density at radius 3 is 2.47 bits per heavy atom. The van der Waals surface area contributed by atoms with Gasteiger partial charge in [0.2, 0.25) is 0 Å². The first-order valence-corrected chi connectivity index (χ1v) is 6.01. The number of hydrogen-bond acceptors (Lipinski definition) is 3. The van der Waals surface area contributed by atoms with E-state index in [1.165, 1.54) is 11.6 Å². The van der Waals surface area contributed by atoms with Gasteiger partial charge in [0.1, 0.15) is 11.6 Å². The molecule has 4 heteroatoms. The molecule has 1 rings (SSSR count). The van der Waals surface area contributed by atoms with E-state index in [0.717, 1.165) is 17.8 Å². The Kier molecular flexibility index (Phi) is 5.36. The highest BCUT2D eigenvalue weighted by atomic mass is 16.1. The molecule has 1 aromatic carbocycles. The number of allylic oxidation sites excluding steroid dienone is 2. The first-order valence-electron chi connectivity index (χ1n) is 6.01. The fourth-order valence-corrected chi connectivity index (χ4v) is 1.52. The standard InChI is InChI=1S/C15H17N3O/c1-3-18-14(9-8-13(10-16)15(17)19)12-6-4-11(2)5-7-12/h4-9,18H,3H2,1-2H3,(H2,17,19). The number of benzene rings is 1. The average Bonchev–Trinajstić information content (AvgIpc) is 2.39. The van der Waals surface area contributed by atoms with E-state index in [4.69, 9.17) is 11.0 Å². The van der Waals surface area contributed by atoms with Gasteiger partial charge in [-0.05, 0) is 31.6 Å². The quantitative estimate of drug-likeness (QED) is 0.479. The maximum Gasteiger partial charge on any atom is 0.259 e. The Balaban J connectivity index is 3.10. The van der Waals surface area contributed by atoms with Crippen LogP contribution in [0.25, 0.3) is 5.70 Å². The van der Waals surface area contributed by atoms with E-state index in [2.05, 4.69) is 5.32 Å². The Labute approximate surface area is 113 Å². The molecule has 0 bridgehead atoms. The van der Waals surface area contributed by atoms with Gasteiger partial charge in [-0.15, -0.1) is 0 Å². The Morgan fingerprint density at radius 2 is 2.00 bits per heavy atom. The summed E-state index contributed by atoms with van der Waals surface area (Å²) in [5, 5.41) is 12.0. The van der Waals surface area contributed by atoms with Crippen LogP contribution in [0.3, 0.4) is 0 Å². The Hall–Kier alpha value is -2.54. The Bertz CT molecular complexity index is 548. The molecule has 0 spiro atoms. The van der Waals surface area contributed by atoms with Gasteiger partial charge in [-0.25, -0.2) is 0 Å². The number of rotatable bonds is 5. The zero-order valence-corrected chi connectivity index (χ0v) is 11.1. The molecule has 0 radical (unpaired) electrons. The first-order chi connectivity index (χ1) is 9.08. The molecule has 1 aromatic rings. The normalized spacial score (nSPS) is 11.8. The van der Waals surface area contributed by atoms with Crippen LogP contribution in [0, 0.1) is 18.3 Å². The summed E-state index contributed by atoms with van der Waals surface area (Å²) in [7, 11) is 0. The number of carbonyl (C=O) groups is 1. The summed E-state index contributed by atoms with van der Waals surface area (Å²) in [5.74, 6) is -0.724. The van der Waals surface area contributed by atoms with Crippen molar-refractivity contribution >= 4 is 11.6 Å². The second kappa shape index (κ2) is 7.02. The van der Waals surface area contributed by atoms with Crippen molar-refractivity contribution in [2.45, 2.75) is 13.8 Å². The van der Waals surface area contributed by atoms with E-state index in [0.29, 0.717) is 0 Å². The van der Waals surface area contributed by atoms with E-state index < -0.39 is 5.91 Å². The minimum absolute atomic E-state index is 0.0671. The van der Waals surface area contributed by atoms with E-state index in [-0.39, 0.29) is 5.57 Å². The van der Waals surface area contributed by atoms with Gasteiger partial charge in [-0.2, -0.15) is 5.26 Å². The molecule has 0 atom stereocenters. The third-order valence-electron chi connectivity index (χ3n) is 2.53. The van der Waals surface area contributed by atoms with E-state index in [9.17, 15) is 4.79 Å². The third kappa shape index (κ3) is 4.32. The molecular weight excluding hydrogens is 238 g/mol. The van der Waals surface area contributed by atoms with Gasteiger partial charge in [0.15, 0.2) is 0 Å². The lowest BCUT2D eigenvalue weighted by molar-refractivity contribution is -0.114. The number of nitrogens with zero attached hydrogens (tertiary/aromatic N) is 1. The highest BCUT2D eigenvalue weighted by Crippen LogP contribution is 2.13. The molecule has 0 aliphatic carbocycles. The van der Waals surface area contributed by atoms with Crippen molar-refractivity contribution in [3.63, 3.8) is 0 Å². The van der Waals surface area contributed by atoms with Gasteiger partial charge in [0, 0.05) is 12.2 Å². The average molecular weight is 255 g/mol. The molecule has 1 amide bonds. The fourth-order valence-electron chi connectivity index (χ4n) is 1.52. The molecule has 19 heavy (non-hydrogen) atoms. The number of nitriles is 1. The van der Waals surface area contributed by atoms with Gasteiger partial charge in [0.25, 0.3) is 5.91 Å². The second-order valence-electron chi connectivity index (χ2n) is 4.03. The molecule has 0 saturated heterocycles. The topological polar surface area (TPSA) is 78.9 Å². The second-order valence-corrected chi connectivity index (χ2v) is 4.03. The SMILES string of the molecule is CCNC(=CC=C(C#N)C(N)=O)c1ccc(C)cc1. The van der Waals surface area contributed by atoms with Crippen LogP contribution in [0.1, 0.15) is 18.1 Å². The third-order valence-corrected chi connectivity index (χ3v) is 2.53. The summed E-state index contributed by atoms with van der Waals surface area (Å²) in [4.78, 5) is 11.0. The molecule has 0 heterocycles. The fraction of sp³-hybridized carbons (Fsp3) is 0.200. The highest BCUT2D eigenvalue weighted by molar-refractivity contribution is 5.96. The maximum atomic E-state index is 11.0. The largest absolute Gasteiger partial charge is 0.385 e. The summed E-state index contributed by atoms with van der Waals surface area (Å²) in [5.41, 5.74) is 8.03. The van der Waals surface area contributed by atoms with Crippen LogP contribution in [-0.4, -0.2) is 12.5 Å². The summed E-state index contributed by atoms with van der Waals surface area (Å²) < 4.78 is 0. The summed E-state index contributed by atoms with van der Waals surface area (Å²) in [6.45, 7) is 4.73. The van der Waals surface area contributed by atoms with Crippen LogP contribution in [0.2, 0.25) is 0 Å². The van der Waals surface area contributed by atoms with Crippen LogP contribution in [0.15, 0.2) is 42.0 Å². The molecule has 0 aliphatic heterocycles. The minimum Gasteiger partial charge on any atom is -0.385 e. The number of hydrogen-bond donors (Lipinski definition) is 2. The highest BCUT2D eigenvalue weighted by Gasteiger charge is 2.03. The van der Waals surface area contributed by atoms with Crippen molar-refractivity contribution < 1.29 is 4.79 Å². The summed E-state index contributed by atoms with van der Waals surface area (Å²) in [6, 6.07) is 9.74. The number of primary amides is 1. The molecule has 0 fully saturated rings. The molecule has 4 nitrogen and oxygen atoms in total. The number of aryl methyl sites for hydroxylation is 1. The molecule has 0 aliphatic rings. The molecule has 0 saturated carbocycles. The number of nitrogens with one attached hydrogen (secondary N) is 1. The van der Waals surface area contributed by atoms with Crippen LogP contribution in [-0.2, 0) is 4.79 Å². The van der Waals surface area contributed by atoms with Gasteiger partial charge < -0.3 is 11.1 Å². The summed E-state index contributed by atoms with van der Waals surface area (Å²) in [6.07, 6.45) is 3.12. The maximum absolute atomic E-state index is 11.0. The van der Waals surface area contributed by atoms with E-state index >= 15 is 0 Å². The monoisotopic (exact) mass is 255 g/mol. The zero-order chi connectivity index (χ0) is 14.3. The van der Waals surface area contributed by atoms with E-state index in [1.807, 2.05) is 38.1 Å². The van der Waals surface area contributed by atoms with Crippen LogP contribution in [0.4, 0.5) is 0 Å². The predicted octanol–water partition coefficient (Wildman–Crippen LogP) is 1.88. The van der Waals surface area contributed by atoms with Crippen molar-refractivity contribution in [3.05, 3.63) is 53.1 Å². The molecule has 0 aromatic heterocycles. The number of nitrogens with two attached hydrogens (primary N) is 1. The predicted molar refractivity (Wildman–Crippen MR) is 75.7 cm³/mol.